The fourth-order valence-electron chi connectivity index (χ4n) is 2.94. The number of aliphatic hydroxyl groups excluding tert-OH is 2. The maximum absolute atomic E-state index is 11.2. The molecule has 116 valence electrons. The Hall–Kier alpha value is -0.870. The van der Waals surface area contributed by atoms with Crippen LogP contribution in [0.4, 0.5) is 0 Å². The number of aliphatic hydroxyl groups is 2. The standard InChI is InChI=1S/C16H28O4/c1-2-5-14(17)11-15(18)9-8-13(16(19)20)10-12-6-3-4-7-12/h8-9,12-15,17-18H,2-7,10-11H2,1H3,(H,19,20)/t13?,14?,15-/m1/s1. The summed E-state index contributed by atoms with van der Waals surface area (Å²) in [4.78, 5) is 11.2. The van der Waals surface area contributed by atoms with Gasteiger partial charge in [-0.2, -0.15) is 0 Å². The molecule has 1 rings (SSSR count). The van der Waals surface area contributed by atoms with Gasteiger partial charge < -0.3 is 15.3 Å². The van der Waals surface area contributed by atoms with Crippen LogP contribution in [-0.2, 0) is 4.79 Å². The Morgan fingerprint density at radius 1 is 1.25 bits per heavy atom. The minimum absolute atomic E-state index is 0.278. The molecule has 0 bridgehead atoms. The normalized spacial score (nSPS) is 21.1. The van der Waals surface area contributed by atoms with Crippen LogP contribution in [0.5, 0.6) is 0 Å². The van der Waals surface area contributed by atoms with Gasteiger partial charge >= 0.3 is 5.97 Å². The zero-order chi connectivity index (χ0) is 15.0. The van der Waals surface area contributed by atoms with E-state index in [1.165, 1.54) is 18.9 Å². The monoisotopic (exact) mass is 284 g/mol. The molecular weight excluding hydrogens is 256 g/mol. The number of carbonyl (C=O) groups is 1. The number of rotatable bonds is 9. The average Bonchev–Trinajstić information content (AvgIpc) is 2.87. The average molecular weight is 284 g/mol. The number of hydrogen-bond donors (Lipinski definition) is 3. The van der Waals surface area contributed by atoms with Crippen molar-refractivity contribution in [3.63, 3.8) is 0 Å². The molecule has 1 aliphatic rings. The quantitative estimate of drug-likeness (QED) is 0.569. The predicted molar refractivity (Wildman–Crippen MR) is 78.4 cm³/mol. The highest BCUT2D eigenvalue weighted by molar-refractivity contribution is 5.72. The number of carboxylic acids is 1. The molecule has 1 saturated carbocycles. The molecule has 0 aromatic carbocycles. The van der Waals surface area contributed by atoms with Crippen molar-refractivity contribution in [1.82, 2.24) is 0 Å². The Labute approximate surface area is 121 Å². The summed E-state index contributed by atoms with van der Waals surface area (Å²) in [6, 6.07) is 0. The van der Waals surface area contributed by atoms with Gasteiger partial charge in [0.25, 0.3) is 0 Å². The summed E-state index contributed by atoms with van der Waals surface area (Å²) >= 11 is 0. The third-order valence-electron chi connectivity index (χ3n) is 4.08. The number of hydrogen-bond acceptors (Lipinski definition) is 3. The molecule has 0 aliphatic heterocycles. The molecule has 3 atom stereocenters. The molecule has 0 saturated heterocycles. The first-order chi connectivity index (χ1) is 9.52. The van der Waals surface area contributed by atoms with Crippen molar-refractivity contribution in [3.05, 3.63) is 12.2 Å². The van der Waals surface area contributed by atoms with E-state index in [0.29, 0.717) is 18.8 Å². The van der Waals surface area contributed by atoms with Gasteiger partial charge in [-0.3, -0.25) is 4.79 Å². The van der Waals surface area contributed by atoms with Crippen LogP contribution >= 0.6 is 0 Å². The van der Waals surface area contributed by atoms with Crippen molar-refractivity contribution in [2.75, 3.05) is 0 Å². The molecule has 20 heavy (non-hydrogen) atoms. The summed E-state index contributed by atoms with van der Waals surface area (Å²) in [5.41, 5.74) is 0. The molecule has 3 N–H and O–H groups in total. The highest BCUT2D eigenvalue weighted by Gasteiger charge is 2.23. The van der Waals surface area contributed by atoms with E-state index in [4.69, 9.17) is 0 Å². The molecule has 0 heterocycles. The van der Waals surface area contributed by atoms with Crippen molar-refractivity contribution in [1.29, 1.82) is 0 Å². The minimum Gasteiger partial charge on any atom is -0.481 e. The Morgan fingerprint density at radius 3 is 2.45 bits per heavy atom. The van der Waals surface area contributed by atoms with Crippen LogP contribution in [0.3, 0.4) is 0 Å². The van der Waals surface area contributed by atoms with Crippen LogP contribution in [0.15, 0.2) is 12.2 Å². The van der Waals surface area contributed by atoms with Crippen LogP contribution in [0.2, 0.25) is 0 Å². The van der Waals surface area contributed by atoms with Gasteiger partial charge in [-0.05, 0) is 18.8 Å². The summed E-state index contributed by atoms with van der Waals surface area (Å²) in [6.07, 6.45) is 8.97. The van der Waals surface area contributed by atoms with Crippen molar-refractivity contribution in [2.24, 2.45) is 11.8 Å². The molecule has 4 heteroatoms. The van der Waals surface area contributed by atoms with E-state index in [1.807, 2.05) is 6.92 Å². The first kappa shape index (κ1) is 17.2. The van der Waals surface area contributed by atoms with Crippen molar-refractivity contribution < 1.29 is 20.1 Å². The van der Waals surface area contributed by atoms with Gasteiger partial charge in [-0.15, -0.1) is 0 Å². The van der Waals surface area contributed by atoms with Crippen LogP contribution in [0, 0.1) is 11.8 Å². The zero-order valence-electron chi connectivity index (χ0n) is 12.4. The first-order valence-corrected chi connectivity index (χ1v) is 7.80. The van der Waals surface area contributed by atoms with E-state index >= 15 is 0 Å². The van der Waals surface area contributed by atoms with Gasteiger partial charge in [0, 0.05) is 6.42 Å². The number of aliphatic carboxylic acids is 1. The lowest BCUT2D eigenvalue weighted by Crippen LogP contribution is -2.18. The van der Waals surface area contributed by atoms with Crippen molar-refractivity contribution >= 4 is 5.97 Å². The van der Waals surface area contributed by atoms with E-state index in [2.05, 4.69) is 0 Å². The van der Waals surface area contributed by atoms with Gasteiger partial charge in [0.1, 0.15) is 0 Å². The molecule has 0 aromatic heterocycles. The third kappa shape index (κ3) is 6.53. The molecule has 0 amide bonds. The van der Waals surface area contributed by atoms with Gasteiger partial charge in [0.2, 0.25) is 0 Å². The summed E-state index contributed by atoms with van der Waals surface area (Å²) in [6.45, 7) is 1.98. The molecule has 1 fully saturated rings. The SMILES string of the molecule is CCCC(O)C[C@H](O)C=CC(CC1CCCC1)C(=O)O. The van der Waals surface area contributed by atoms with E-state index in [1.54, 1.807) is 6.08 Å². The van der Waals surface area contributed by atoms with Crippen LogP contribution in [0.1, 0.15) is 58.3 Å². The molecule has 4 nitrogen and oxygen atoms in total. The Balaban J connectivity index is 2.42. The molecule has 0 radical (unpaired) electrons. The van der Waals surface area contributed by atoms with E-state index < -0.39 is 24.1 Å². The molecule has 0 aromatic rings. The van der Waals surface area contributed by atoms with E-state index in [0.717, 1.165) is 19.3 Å². The summed E-state index contributed by atoms with van der Waals surface area (Å²) in [7, 11) is 0. The second-order valence-electron chi connectivity index (χ2n) is 5.96. The maximum atomic E-state index is 11.2. The van der Waals surface area contributed by atoms with E-state index in [9.17, 15) is 20.1 Å². The van der Waals surface area contributed by atoms with Gasteiger partial charge in [0.05, 0.1) is 18.1 Å². The van der Waals surface area contributed by atoms with Crippen molar-refractivity contribution in [3.8, 4) is 0 Å². The zero-order valence-corrected chi connectivity index (χ0v) is 12.4. The van der Waals surface area contributed by atoms with Crippen LogP contribution in [-0.4, -0.2) is 33.5 Å². The largest absolute Gasteiger partial charge is 0.481 e. The first-order valence-electron chi connectivity index (χ1n) is 7.80. The van der Waals surface area contributed by atoms with Gasteiger partial charge in [0.15, 0.2) is 0 Å². The lowest BCUT2D eigenvalue weighted by molar-refractivity contribution is -0.140. The lowest BCUT2D eigenvalue weighted by atomic mass is 9.92. The fourth-order valence-corrected chi connectivity index (χ4v) is 2.94. The highest BCUT2D eigenvalue weighted by Crippen LogP contribution is 2.30. The maximum Gasteiger partial charge on any atom is 0.310 e. The lowest BCUT2D eigenvalue weighted by Gasteiger charge is -2.15. The Bertz CT molecular complexity index is 308. The van der Waals surface area contributed by atoms with Crippen LogP contribution in [0.25, 0.3) is 0 Å². The van der Waals surface area contributed by atoms with Gasteiger partial charge in [-0.25, -0.2) is 0 Å². The van der Waals surface area contributed by atoms with E-state index in [-0.39, 0.29) is 6.42 Å². The Morgan fingerprint density at radius 2 is 1.90 bits per heavy atom. The topological polar surface area (TPSA) is 77.8 Å². The molecule has 2 unspecified atom stereocenters. The predicted octanol–water partition coefficient (Wildman–Crippen LogP) is 2.74. The van der Waals surface area contributed by atoms with Gasteiger partial charge in [-0.1, -0.05) is 51.2 Å². The second-order valence-corrected chi connectivity index (χ2v) is 5.96. The van der Waals surface area contributed by atoms with Crippen molar-refractivity contribution in [2.45, 2.75) is 70.5 Å². The summed E-state index contributed by atoms with van der Waals surface area (Å²) in [5.74, 6) is -0.839. The molecule has 0 spiro atoms. The third-order valence-corrected chi connectivity index (χ3v) is 4.08. The van der Waals surface area contributed by atoms with Crippen LogP contribution < -0.4 is 0 Å². The second kappa shape index (κ2) is 9.14. The fraction of sp³-hybridized carbons (Fsp3) is 0.812. The minimum atomic E-state index is -0.825. The highest BCUT2D eigenvalue weighted by atomic mass is 16.4. The summed E-state index contributed by atoms with van der Waals surface area (Å²) in [5, 5.41) is 28.6. The smallest absolute Gasteiger partial charge is 0.310 e. The molecular formula is C16H28O4. The summed E-state index contributed by atoms with van der Waals surface area (Å²) < 4.78 is 0. The Kier molecular flexibility index (Phi) is 7.85. The molecule has 1 aliphatic carbocycles. The number of carboxylic acid groups (broad SMARTS) is 1.